The van der Waals surface area contributed by atoms with Crippen molar-refractivity contribution in [2.75, 3.05) is 5.32 Å². The van der Waals surface area contributed by atoms with Crippen LogP contribution >= 0.6 is 11.6 Å². The average Bonchev–Trinajstić information content (AvgIpc) is 2.93. The first kappa shape index (κ1) is 16.1. The lowest BCUT2D eigenvalue weighted by Gasteiger charge is -2.05. The van der Waals surface area contributed by atoms with Gasteiger partial charge < -0.3 is 5.32 Å². The number of anilines is 1. The van der Waals surface area contributed by atoms with Gasteiger partial charge in [0, 0.05) is 18.3 Å². The lowest BCUT2D eigenvalue weighted by molar-refractivity contribution is 0.101. The van der Waals surface area contributed by atoms with Crippen LogP contribution in [0.15, 0.2) is 48.5 Å². The number of rotatable bonds is 3. The first-order chi connectivity index (χ1) is 11.4. The van der Waals surface area contributed by atoms with Gasteiger partial charge in [-0.05, 0) is 48.5 Å². The summed E-state index contributed by atoms with van der Waals surface area (Å²) in [6.07, 6.45) is 0. The van der Waals surface area contributed by atoms with Gasteiger partial charge in [0.1, 0.15) is 17.3 Å². The second kappa shape index (κ2) is 6.41. The van der Waals surface area contributed by atoms with Crippen LogP contribution < -0.4 is 5.32 Å². The van der Waals surface area contributed by atoms with Gasteiger partial charge in [-0.25, -0.2) is 8.78 Å². The summed E-state index contributed by atoms with van der Waals surface area (Å²) in [5.74, 6) is -1.32. The highest BCUT2D eigenvalue weighted by atomic mass is 35.5. The predicted molar refractivity (Wildman–Crippen MR) is 88.0 cm³/mol. The summed E-state index contributed by atoms with van der Waals surface area (Å²) in [4.78, 5) is 12.4. The molecule has 0 atom stereocenters. The highest BCUT2D eigenvalue weighted by Crippen LogP contribution is 2.22. The molecule has 7 heteroatoms. The van der Waals surface area contributed by atoms with E-state index in [0.29, 0.717) is 22.6 Å². The van der Waals surface area contributed by atoms with Crippen molar-refractivity contribution < 1.29 is 13.6 Å². The van der Waals surface area contributed by atoms with Crippen molar-refractivity contribution >= 4 is 23.2 Å². The van der Waals surface area contributed by atoms with Gasteiger partial charge in [-0.2, -0.15) is 5.10 Å². The van der Waals surface area contributed by atoms with Crippen LogP contribution in [0.2, 0.25) is 5.02 Å². The Balaban J connectivity index is 1.85. The fourth-order valence-corrected chi connectivity index (χ4v) is 2.39. The van der Waals surface area contributed by atoms with Gasteiger partial charge in [-0.1, -0.05) is 11.6 Å². The SMILES string of the molecule is Cn1nc(-c2ccc(F)cc2)cc1C(=O)Nc1ccc(F)c(Cl)c1. The third-order valence-electron chi connectivity index (χ3n) is 3.43. The van der Waals surface area contributed by atoms with Crippen molar-refractivity contribution in [1.29, 1.82) is 0 Å². The van der Waals surface area contributed by atoms with E-state index >= 15 is 0 Å². The van der Waals surface area contributed by atoms with Gasteiger partial charge in [-0.3, -0.25) is 9.48 Å². The molecule has 0 saturated heterocycles. The van der Waals surface area contributed by atoms with E-state index in [1.165, 1.54) is 35.0 Å². The maximum Gasteiger partial charge on any atom is 0.273 e. The van der Waals surface area contributed by atoms with E-state index in [1.807, 2.05) is 0 Å². The molecule has 0 aliphatic rings. The Labute approximate surface area is 141 Å². The molecule has 4 nitrogen and oxygen atoms in total. The summed E-state index contributed by atoms with van der Waals surface area (Å²) in [5.41, 5.74) is 1.90. The minimum Gasteiger partial charge on any atom is -0.321 e. The number of nitrogens with one attached hydrogen (secondary N) is 1. The number of halogens is 3. The van der Waals surface area contributed by atoms with E-state index in [-0.39, 0.29) is 10.8 Å². The van der Waals surface area contributed by atoms with Crippen LogP contribution in [0, 0.1) is 11.6 Å². The third kappa shape index (κ3) is 3.28. The summed E-state index contributed by atoms with van der Waals surface area (Å²) in [5, 5.41) is 6.80. The molecular formula is C17H12ClF2N3O. The van der Waals surface area contributed by atoms with E-state index in [2.05, 4.69) is 10.4 Å². The molecule has 3 aromatic rings. The number of carbonyl (C=O) groups excluding carboxylic acids is 1. The normalized spacial score (nSPS) is 10.7. The molecule has 0 spiro atoms. The summed E-state index contributed by atoms with van der Waals surface area (Å²) >= 11 is 5.70. The van der Waals surface area contributed by atoms with E-state index < -0.39 is 11.7 Å². The minimum absolute atomic E-state index is 0.0789. The standard InChI is InChI=1S/C17H12ClF2N3O/c1-23-16(9-15(22-23)10-2-4-11(19)5-3-10)17(24)21-12-6-7-14(20)13(18)8-12/h2-9H,1H3,(H,21,24). The summed E-state index contributed by atoms with van der Waals surface area (Å²) in [6, 6.07) is 11.3. The zero-order valence-corrected chi connectivity index (χ0v) is 13.3. The van der Waals surface area contributed by atoms with Gasteiger partial charge in [0.2, 0.25) is 0 Å². The molecule has 0 bridgehead atoms. The van der Waals surface area contributed by atoms with E-state index in [1.54, 1.807) is 25.2 Å². The van der Waals surface area contributed by atoms with E-state index in [4.69, 9.17) is 11.6 Å². The Hall–Kier alpha value is -2.73. The molecule has 0 unspecified atom stereocenters. The lowest BCUT2D eigenvalue weighted by Crippen LogP contribution is -2.16. The summed E-state index contributed by atoms with van der Waals surface area (Å²) < 4.78 is 27.6. The topological polar surface area (TPSA) is 46.9 Å². The number of hydrogen-bond donors (Lipinski definition) is 1. The molecule has 1 amide bonds. The number of carbonyl (C=O) groups is 1. The molecular weight excluding hydrogens is 336 g/mol. The van der Waals surface area contributed by atoms with Crippen molar-refractivity contribution in [3.05, 3.63) is 70.9 Å². The summed E-state index contributed by atoms with van der Waals surface area (Å²) in [7, 11) is 1.62. The molecule has 1 N–H and O–H groups in total. The molecule has 122 valence electrons. The average molecular weight is 348 g/mol. The van der Waals surface area contributed by atoms with Crippen molar-refractivity contribution in [1.82, 2.24) is 9.78 Å². The van der Waals surface area contributed by atoms with Crippen LogP contribution in [0.3, 0.4) is 0 Å². The largest absolute Gasteiger partial charge is 0.321 e. The van der Waals surface area contributed by atoms with Crippen LogP contribution in [-0.2, 0) is 7.05 Å². The maximum atomic E-state index is 13.2. The Morgan fingerprint density at radius 1 is 1.12 bits per heavy atom. The number of amides is 1. The molecule has 0 radical (unpaired) electrons. The number of aryl methyl sites for hydroxylation is 1. The van der Waals surface area contributed by atoms with Gasteiger partial charge in [-0.15, -0.1) is 0 Å². The number of aromatic nitrogens is 2. The van der Waals surface area contributed by atoms with Crippen LogP contribution in [0.1, 0.15) is 10.5 Å². The van der Waals surface area contributed by atoms with Gasteiger partial charge >= 0.3 is 0 Å². The smallest absolute Gasteiger partial charge is 0.273 e. The van der Waals surface area contributed by atoms with Crippen LogP contribution in [0.25, 0.3) is 11.3 Å². The first-order valence-corrected chi connectivity index (χ1v) is 7.38. The second-order valence-corrected chi connectivity index (χ2v) is 5.54. The Morgan fingerprint density at radius 2 is 1.83 bits per heavy atom. The Kier molecular flexibility index (Phi) is 4.31. The molecule has 24 heavy (non-hydrogen) atoms. The molecule has 0 aliphatic heterocycles. The number of nitrogens with zero attached hydrogens (tertiary/aromatic N) is 2. The molecule has 0 aliphatic carbocycles. The quantitative estimate of drug-likeness (QED) is 0.769. The van der Waals surface area contributed by atoms with Gasteiger partial charge in [0.25, 0.3) is 5.91 Å². The second-order valence-electron chi connectivity index (χ2n) is 5.13. The predicted octanol–water partition coefficient (Wildman–Crippen LogP) is 4.27. The van der Waals surface area contributed by atoms with Crippen molar-refractivity contribution in [2.24, 2.45) is 7.05 Å². The highest BCUT2D eigenvalue weighted by Gasteiger charge is 2.15. The van der Waals surface area contributed by atoms with Crippen LogP contribution in [-0.4, -0.2) is 15.7 Å². The van der Waals surface area contributed by atoms with Crippen molar-refractivity contribution in [3.8, 4) is 11.3 Å². The molecule has 0 fully saturated rings. The monoisotopic (exact) mass is 347 g/mol. The Bertz CT molecular complexity index is 907. The maximum absolute atomic E-state index is 13.2. The fraction of sp³-hybridized carbons (Fsp3) is 0.0588. The molecule has 0 saturated carbocycles. The molecule has 2 aromatic carbocycles. The van der Waals surface area contributed by atoms with Crippen molar-refractivity contribution in [3.63, 3.8) is 0 Å². The number of benzene rings is 2. The fourth-order valence-electron chi connectivity index (χ4n) is 2.21. The molecule has 1 aromatic heterocycles. The zero-order chi connectivity index (χ0) is 17.3. The van der Waals surface area contributed by atoms with Gasteiger partial charge in [0.15, 0.2) is 0 Å². The van der Waals surface area contributed by atoms with E-state index in [0.717, 1.165) is 0 Å². The van der Waals surface area contributed by atoms with E-state index in [9.17, 15) is 13.6 Å². The number of hydrogen-bond acceptors (Lipinski definition) is 2. The van der Waals surface area contributed by atoms with Crippen LogP contribution in [0.4, 0.5) is 14.5 Å². The Morgan fingerprint density at radius 3 is 2.50 bits per heavy atom. The lowest BCUT2D eigenvalue weighted by atomic mass is 10.1. The molecule has 3 rings (SSSR count). The van der Waals surface area contributed by atoms with Crippen LogP contribution in [0.5, 0.6) is 0 Å². The van der Waals surface area contributed by atoms with Crippen molar-refractivity contribution in [2.45, 2.75) is 0 Å². The zero-order valence-electron chi connectivity index (χ0n) is 12.6. The van der Waals surface area contributed by atoms with Gasteiger partial charge in [0.05, 0.1) is 10.7 Å². The highest BCUT2D eigenvalue weighted by molar-refractivity contribution is 6.31. The minimum atomic E-state index is -0.561. The molecule has 1 heterocycles. The third-order valence-corrected chi connectivity index (χ3v) is 3.72. The first-order valence-electron chi connectivity index (χ1n) is 7.00. The summed E-state index contributed by atoms with van der Waals surface area (Å²) in [6.45, 7) is 0.